The average Bonchev–Trinajstić information content (AvgIpc) is 2.90. The first-order valence-electron chi connectivity index (χ1n) is 6.68. The first-order chi connectivity index (χ1) is 10.1. The molecule has 5 heteroatoms. The van der Waals surface area contributed by atoms with Crippen molar-refractivity contribution >= 4 is 33.2 Å². The van der Waals surface area contributed by atoms with Crippen LogP contribution in [0, 0.1) is 0 Å². The molecule has 0 unspecified atom stereocenters. The Morgan fingerprint density at radius 1 is 1.33 bits per heavy atom. The van der Waals surface area contributed by atoms with Crippen LogP contribution in [0.4, 0.5) is 0 Å². The van der Waals surface area contributed by atoms with E-state index in [4.69, 9.17) is 4.74 Å². The standard InChI is InChI=1S/C16H18BrNO2S/c1-18(10-15-9-13(17)11-21-15)16(19)8-5-12-3-6-14(20-2)7-4-12/h3-4,6-7,9,11H,5,8,10H2,1-2H3. The summed E-state index contributed by atoms with van der Waals surface area (Å²) >= 11 is 5.09. The van der Waals surface area contributed by atoms with Gasteiger partial charge >= 0.3 is 0 Å². The number of ether oxygens (including phenoxy) is 1. The van der Waals surface area contributed by atoms with Gasteiger partial charge in [0, 0.05) is 28.2 Å². The zero-order valence-corrected chi connectivity index (χ0v) is 14.5. The summed E-state index contributed by atoms with van der Waals surface area (Å²) in [6.07, 6.45) is 1.27. The van der Waals surface area contributed by atoms with E-state index >= 15 is 0 Å². The minimum absolute atomic E-state index is 0.162. The van der Waals surface area contributed by atoms with Crippen molar-refractivity contribution in [3.05, 3.63) is 50.6 Å². The van der Waals surface area contributed by atoms with Crippen molar-refractivity contribution in [2.45, 2.75) is 19.4 Å². The molecule has 0 spiro atoms. The highest BCUT2D eigenvalue weighted by Crippen LogP contribution is 2.21. The van der Waals surface area contributed by atoms with Crippen LogP contribution in [0.25, 0.3) is 0 Å². The van der Waals surface area contributed by atoms with Crippen molar-refractivity contribution in [1.29, 1.82) is 0 Å². The van der Waals surface area contributed by atoms with E-state index < -0.39 is 0 Å². The molecule has 3 nitrogen and oxygen atoms in total. The second-order valence-electron chi connectivity index (χ2n) is 4.83. The van der Waals surface area contributed by atoms with Crippen LogP contribution in [0.15, 0.2) is 40.2 Å². The highest BCUT2D eigenvalue weighted by molar-refractivity contribution is 9.10. The number of rotatable bonds is 6. The molecule has 21 heavy (non-hydrogen) atoms. The largest absolute Gasteiger partial charge is 0.497 e. The lowest BCUT2D eigenvalue weighted by Crippen LogP contribution is -2.25. The zero-order chi connectivity index (χ0) is 15.2. The number of benzene rings is 1. The summed E-state index contributed by atoms with van der Waals surface area (Å²) < 4.78 is 6.19. The van der Waals surface area contributed by atoms with Crippen LogP contribution in [-0.2, 0) is 17.8 Å². The lowest BCUT2D eigenvalue weighted by atomic mass is 10.1. The van der Waals surface area contributed by atoms with Gasteiger partial charge in [-0.3, -0.25) is 4.79 Å². The van der Waals surface area contributed by atoms with Gasteiger partial charge in [-0.2, -0.15) is 0 Å². The Hall–Kier alpha value is -1.33. The molecule has 0 fully saturated rings. The SMILES string of the molecule is COc1ccc(CCC(=O)N(C)Cc2cc(Br)cs2)cc1. The molecule has 1 amide bonds. The first kappa shape index (κ1) is 16.0. The van der Waals surface area contributed by atoms with E-state index in [9.17, 15) is 4.79 Å². The van der Waals surface area contributed by atoms with Crippen molar-refractivity contribution in [2.75, 3.05) is 14.2 Å². The van der Waals surface area contributed by atoms with Gasteiger partial charge in [-0.1, -0.05) is 12.1 Å². The Morgan fingerprint density at radius 3 is 2.62 bits per heavy atom. The number of thiophene rings is 1. The third-order valence-electron chi connectivity index (χ3n) is 3.23. The molecule has 0 atom stereocenters. The fourth-order valence-corrected chi connectivity index (χ4v) is 3.50. The quantitative estimate of drug-likeness (QED) is 0.768. The fraction of sp³-hybridized carbons (Fsp3) is 0.312. The number of aryl methyl sites for hydroxylation is 1. The van der Waals surface area contributed by atoms with Gasteiger partial charge in [0.25, 0.3) is 0 Å². The molecule has 0 N–H and O–H groups in total. The zero-order valence-electron chi connectivity index (χ0n) is 12.1. The van der Waals surface area contributed by atoms with E-state index in [0.29, 0.717) is 13.0 Å². The number of halogens is 1. The molecule has 1 heterocycles. The smallest absolute Gasteiger partial charge is 0.222 e. The van der Waals surface area contributed by atoms with Crippen molar-refractivity contribution in [1.82, 2.24) is 4.90 Å². The van der Waals surface area contributed by atoms with E-state index in [1.165, 1.54) is 4.88 Å². The summed E-state index contributed by atoms with van der Waals surface area (Å²) in [5.41, 5.74) is 1.15. The highest BCUT2D eigenvalue weighted by atomic mass is 79.9. The summed E-state index contributed by atoms with van der Waals surface area (Å²) in [5.74, 6) is 1.00. The van der Waals surface area contributed by atoms with Crippen LogP contribution in [0.1, 0.15) is 16.9 Å². The second kappa shape index (κ2) is 7.61. The maximum absolute atomic E-state index is 12.1. The summed E-state index contributed by atoms with van der Waals surface area (Å²) in [7, 11) is 3.50. The van der Waals surface area contributed by atoms with Crippen molar-refractivity contribution < 1.29 is 9.53 Å². The highest BCUT2D eigenvalue weighted by Gasteiger charge is 2.10. The Bertz CT molecular complexity index is 595. The maximum atomic E-state index is 12.1. The second-order valence-corrected chi connectivity index (χ2v) is 6.74. The summed E-state index contributed by atoms with van der Waals surface area (Å²) in [4.78, 5) is 15.1. The van der Waals surface area contributed by atoms with Gasteiger partial charge < -0.3 is 9.64 Å². The molecule has 1 aromatic carbocycles. The summed E-state index contributed by atoms with van der Waals surface area (Å²) in [6.45, 7) is 0.664. The van der Waals surface area contributed by atoms with Crippen LogP contribution in [-0.4, -0.2) is 25.0 Å². The normalized spacial score (nSPS) is 10.4. The van der Waals surface area contributed by atoms with Gasteiger partial charge in [0.05, 0.1) is 13.7 Å². The maximum Gasteiger partial charge on any atom is 0.222 e. The Balaban J connectivity index is 1.82. The molecule has 1 aromatic heterocycles. The number of methoxy groups -OCH3 is 1. The predicted molar refractivity (Wildman–Crippen MR) is 89.8 cm³/mol. The monoisotopic (exact) mass is 367 g/mol. The third kappa shape index (κ3) is 4.86. The van der Waals surface area contributed by atoms with Crippen molar-refractivity contribution in [3.8, 4) is 5.75 Å². The summed E-state index contributed by atoms with van der Waals surface area (Å²) in [5, 5.41) is 2.03. The van der Waals surface area contributed by atoms with Gasteiger partial charge in [-0.15, -0.1) is 11.3 Å². The third-order valence-corrected chi connectivity index (χ3v) is 4.91. The van der Waals surface area contributed by atoms with E-state index in [0.717, 1.165) is 22.2 Å². The van der Waals surface area contributed by atoms with Gasteiger partial charge in [-0.05, 0) is 46.1 Å². The lowest BCUT2D eigenvalue weighted by molar-refractivity contribution is -0.130. The van der Waals surface area contributed by atoms with E-state index in [1.807, 2.05) is 36.7 Å². The molecule has 0 aliphatic rings. The van der Waals surface area contributed by atoms with Gasteiger partial charge in [0.15, 0.2) is 0 Å². The van der Waals surface area contributed by atoms with Gasteiger partial charge in [0.1, 0.15) is 5.75 Å². The molecular formula is C16H18BrNO2S. The number of amides is 1. The number of nitrogens with zero attached hydrogens (tertiary/aromatic N) is 1. The molecule has 0 saturated carbocycles. The molecular weight excluding hydrogens is 350 g/mol. The molecule has 0 aliphatic heterocycles. The van der Waals surface area contributed by atoms with Crippen molar-refractivity contribution in [3.63, 3.8) is 0 Å². The first-order valence-corrected chi connectivity index (χ1v) is 8.35. The lowest BCUT2D eigenvalue weighted by Gasteiger charge is -2.16. The number of hydrogen-bond acceptors (Lipinski definition) is 3. The molecule has 2 aromatic rings. The Kier molecular flexibility index (Phi) is 5.82. The van der Waals surface area contributed by atoms with Crippen LogP contribution >= 0.6 is 27.3 Å². The Morgan fingerprint density at radius 2 is 2.05 bits per heavy atom. The van der Waals surface area contributed by atoms with E-state index in [2.05, 4.69) is 22.0 Å². The molecule has 2 rings (SSSR count). The molecule has 0 bridgehead atoms. The van der Waals surface area contributed by atoms with E-state index in [1.54, 1.807) is 23.3 Å². The molecule has 0 saturated heterocycles. The van der Waals surface area contributed by atoms with Crippen LogP contribution < -0.4 is 4.74 Å². The van der Waals surface area contributed by atoms with Gasteiger partial charge in [0.2, 0.25) is 5.91 Å². The van der Waals surface area contributed by atoms with Crippen LogP contribution in [0.5, 0.6) is 5.75 Å². The molecule has 0 radical (unpaired) electrons. The minimum atomic E-state index is 0.162. The fourth-order valence-electron chi connectivity index (χ4n) is 1.99. The number of carbonyl (C=O) groups is 1. The Labute approximate surface area is 137 Å². The van der Waals surface area contributed by atoms with Crippen molar-refractivity contribution in [2.24, 2.45) is 0 Å². The predicted octanol–water partition coefficient (Wildman–Crippen LogP) is 4.11. The van der Waals surface area contributed by atoms with Crippen LogP contribution in [0.3, 0.4) is 0 Å². The molecule has 112 valence electrons. The van der Waals surface area contributed by atoms with E-state index in [-0.39, 0.29) is 5.91 Å². The number of carbonyl (C=O) groups excluding carboxylic acids is 1. The number of hydrogen-bond donors (Lipinski definition) is 0. The summed E-state index contributed by atoms with van der Waals surface area (Å²) in [6, 6.07) is 9.91. The topological polar surface area (TPSA) is 29.5 Å². The molecule has 0 aliphatic carbocycles. The minimum Gasteiger partial charge on any atom is -0.497 e. The van der Waals surface area contributed by atoms with Gasteiger partial charge in [-0.25, -0.2) is 0 Å². The van der Waals surface area contributed by atoms with Crippen LogP contribution in [0.2, 0.25) is 0 Å². The average molecular weight is 368 g/mol.